The Morgan fingerprint density at radius 3 is 2.49 bits per heavy atom. The number of nitrogens with one attached hydrogen (secondary N) is 1. The molecule has 5 rings (SSSR count). The highest BCUT2D eigenvalue weighted by Crippen LogP contribution is 2.68. The molecule has 5 aliphatic rings. The Kier molecular flexibility index (Phi) is 8.79. The average molecular weight is 515 g/mol. The fraction of sp³-hybridized carbons (Fsp3) is 0.970. The molecule has 212 valence electrons. The smallest absolute Gasteiger partial charge is 0.132 e. The Morgan fingerprint density at radius 2 is 1.73 bits per heavy atom. The van der Waals surface area contributed by atoms with E-state index in [1.54, 1.807) is 0 Å². The third-order valence-corrected chi connectivity index (χ3v) is 13.0. The van der Waals surface area contributed by atoms with Gasteiger partial charge in [-0.3, -0.25) is 4.79 Å². The lowest BCUT2D eigenvalue weighted by Crippen LogP contribution is -2.59. The van der Waals surface area contributed by atoms with Gasteiger partial charge in [0.1, 0.15) is 5.78 Å². The number of hydrogen-bond donors (Lipinski definition) is 2. The number of carbonyl (C=O) groups is 1. The van der Waals surface area contributed by atoms with Crippen LogP contribution in [0.1, 0.15) is 118 Å². The van der Waals surface area contributed by atoms with Crippen LogP contribution in [0.2, 0.25) is 0 Å². The average Bonchev–Trinajstić information content (AvgIpc) is 3.25. The van der Waals surface area contributed by atoms with Crippen LogP contribution in [0.3, 0.4) is 0 Å². The third kappa shape index (κ3) is 5.47. The van der Waals surface area contributed by atoms with Crippen LogP contribution in [0.15, 0.2) is 0 Å². The van der Waals surface area contributed by atoms with Crippen LogP contribution in [0.5, 0.6) is 0 Å². The van der Waals surface area contributed by atoms with E-state index in [-0.39, 0.29) is 6.10 Å². The molecule has 1 heterocycles. The van der Waals surface area contributed by atoms with Crippen LogP contribution in [-0.2, 0) is 4.79 Å². The zero-order valence-corrected chi connectivity index (χ0v) is 24.6. The molecule has 0 aromatic heterocycles. The summed E-state index contributed by atoms with van der Waals surface area (Å²) in [7, 11) is 0. The van der Waals surface area contributed by atoms with Crippen molar-refractivity contribution in [1.82, 2.24) is 10.2 Å². The van der Waals surface area contributed by atoms with E-state index in [1.807, 2.05) is 6.92 Å². The first-order valence-electron chi connectivity index (χ1n) is 16.4. The summed E-state index contributed by atoms with van der Waals surface area (Å²) in [5.74, 6) is 4.31. The molecule has 5 fully saturated rings. The van der Waals surface area contributed by atoms with Gasteiger partial charge in [0.15, 0.2) is 0 Å². The van der Waals surface area contributed by atoms with Gasteiger partial charge in [-0.05, 0) is 130 Å². The van der Waals surface area contributed by atoms with Gasteiger partial charge >= 0.3 is 0 Å². The third-order valence-electron chi connectivity index (χ3n) is 13.0. The first kappa shape index (κ1) is 28.1. The predicted molar refractivity (Wildman–Crippen MR) is 152 cm³/mol. The number of fused-ring (bicyclic) bond motifs is 5. The highest BCUT2D eigenvalue weighted by Gasteiger charge is 2.62. The number of ketones is 1. The molecule has 4 nitrogen and oxygen atoms in total. The number of aliphatic hydroxyl groups is 1. The number of hydrogen-bond acceptors (Lipinski definition) is 4. The summed E-state index contributed by atoms with van der Waals surface area (Å²) in [5.41, 5.74) is 0.765. The van der Waals surface area contributed by atoms with Gasteiger partial charge in [-0.25, -0.2) is 0 Å². The summed E-state index contributed by atoms with van der Waals surface area (Å²) in [5, 5.41) is 15.7. The van der Waals surface area contributed by atoms with Gasteiger partial charge in [-0.15, -0.1) is 0 Å². The van der Waals surface area contributed by atoms with Crippen molar-refractivity contribution in [3.8, 4) is 0 Å². The fourth-order valence-corrected chi connectivity index (χ4v) is 10.8. The van der Waals surface area contributed by atoms with Crippen molar-refractivity contribution >= 4 is 5.78 Å². The molecule has 37 heavy (non-hydrogen) atoms. The molecular formula is C33H58N2O2. The maximum absolute atomic E-state index is 12.0. The summed E-state index contributed by atoms with van der Waals surface area (Å²) in [6.45, 7) is 14.5. The monoisotopic (exact) mass is 514 g/mol. The zero-order chi connectivity index (χ0) is 26.2. The maximum atomic E-state index is 12.0. The van der Waals surface area contributed by atoms with Crippen molar-refractivity contribution in [1.29, 1.82) is 0 Å². The van der Waals surface area contributed by atoms with Gasteiger partial charge in [-0.2, -0.15) is 0 Å². The van der Waals surface area contributed by atoms with Gasteiger partial charge in [-0.1, -0.05) is 34.1 Å². The highest BCUT2D eigenvalue weighted by molar-refractivity contribution is 5.77. The largest absolute Gasteiger partial charge is 0.393 e. The molecule has 4 unspecified atom stereocenters. The highest BCUT2D eigenvalue weighted by atomic mass is 16.3. The topological polar surface area (TPSA) is 52.6 Å². The SMILES string of the molecule is CCC(=O)CC[C@@H](C)[C@H]1CCC2C3C(O)C[C@H]4C[C@@H](NCCN5CCCCC5)CC[C@]4(C)C3CC[C@@]21C. The van der Waals surface area contributed by atoms with Gasteiger partial charge in [0.2, 0.25) is 0 Å². The quantitative estimate of drug-likeness (QED) is 0.371. The second-order valence-electron chi connectivity index (χ2n) is 14.8. The lowest BCUT2D eigenvalue weighted by atomic mass is 9.43. The molecule has 1 aliphatic heterocycles. The Hall–Kier alpha value is -0.450. The minimum atomic E-state index is -0.115. The maximum Gasteiger partial charge on any atom is 0.132 e. The summed E-state index contributed by atoms with van der Waals surface area (Å²) >= 11 is 0. The van der Waals surface area contributed by atoms with Gasteiger partial charge < -0.3 is 15.3 Å². The van der Waals surface area contributed by atoms with E-state index in [2.05, 4.69) is 31.0 Å². The number of nitrogens with zero attached hydrogens (tertiary/aromatic N) is 1. The fourth-order valence-electron chi connectivity index (χ4n) is 10.8. The molecule has 0 aromatic carbocycles. The molecule has 1 saturated heterocycles. The molecule has 4 saturated carbocycles. The molecule has 4 aliphatic carbocycles. The number of Topliss-reactive ketones (excluding diaryl/α,β-unsaturated/α-hetero) is 1. The minimum absolute atomic E-state index is 0.115. The van der Waals surface area contributed by atoms with E-state index in [4.69, 9.17) is 0 Å². The molecule has 4 heteroatoms. The standard InChI is InChI=1S/C33H58N2O2/c1-5-26(36)10-9-23(2)27-11-12-28-31-29(14-16-33(27,28)4)32(3)15-13-25(21-24(32)22-30(31)37)34-17-20-35-18-7-6-8-19-35/h23-25,27-31,34,37H,5-22H2,1-4H3/t23-,24-,25+,27-,28?,29?,30?,31?,32+,33-/m1/s1. The van der Waals surface area contributed by atoms with Gasteiger partial charge in [0.25, 0.3) is 0 Å². The Labute approximate surface area is 228 Å². The Morgan fingerprint density at radius 1 is 1.00 bits per heavy atom. The van der Waals surface area contributed by atoms with E-state index in [1.165, 1.54) is 83.8 Å². The van der Waals surface area contributed by atoms with Crippen molar-refractivity contribution in [2.75, 3.05) is 26.2 Å². The van der Waals surface area contributed by atoms with Gasteiger partial charge in [0, 0.05) is 32.0 Å². The Balaban J connectivity index is 1.20. The molecule has 0 bridgehead atoms. The van der Waals surface area contributed by atoms with Crippen molar-refractivity contribution in [2.45, 2.75) is 130 Å². The van der Waals surface area contributed by atoms with E-state index >= 15 is 0 Å². The lowest BCUT2D eigenvalue weighted by molar-refractivity contribution is -0.167. The number of carbonyl (C=O) groups excluding carboxylic acids is 1. The van der Waals surface area contributed by atoms with Crippen LogP contribution >= 0.6 is 0 Å². The van der Waals surface area contributed by atoms with Crippen molar-refractivity contribution in [3.63, 3.8) is 0 Å². The molecular weight excluding hydrogens is 456 g/mol. The summed E-state index contributed by atoms with van der Waals surface area (Å²) in [6, 6.07) is 0.642. The lowest BCUT2D eigenvalue weighted by Gasteiger charge is -2.62. The van der Waals surface area contributed by atoms with Crippen molar-refractivity contribution in [3.05, 3.63) is 0 Å². The zero-order valence-electron chi connectivity index (χ0n) is 24.6. The van der Waals surface area contributed by atoms with Crippen molar-refractivity contribution < 1.29 is 9.90 Å². The second-order valence-corrected chi connectivity index (χ2v) is 14.8. The first-order valence-corrected chi connectivity index (χ1v) is 16.4. The van der Waals surface area contributed by atoms with Crippen LogP contribution in [0.25, 0.3) is 0 Å². The number of piperidine rings is 1. The van der Waals surface area contributed by atoms with E-state index in [0.29, 0.717) is 58.7 Å². The molecule has 2 N–H and O–H groups in total. The normalized spacial score (nSPS) is 45.1. The molecule has 0 amide bonds. The van der Waals surface area contributed by atoms with Crippen LogP contribution in [-0.4, -0.2) is 54.1 Å². The molecule has 0 spiro atoms. The Bertz CT molecular complexity index is 780. The number of likely N-dealkylation sites (tertiary alicyclic amines) is 1. The van der Waals surface area contributed by atoms with E-state index < -0.39 is 0 Å². The van der Waals surface area contributed by atoms with E-state index in [9.17, 15) is 9.90 Å². The van der Waals surface area contributed by atoms with E-state index in [0.717, 1.165) is 31.7 Å². The summed E-state index contributed by atoms with van der Waals surface area (Å²) < 4.78 is 0. The summed E-state index contributed by atoms with van der Waals surface area (Å²) in [4.78, 5) is 14.7. The number of rotatable bonds is 9. The second kappa shape index (κ2) is 11.6. The van der Waals surface area contributed by atoms with Gasteiger partial charge in [0.05, 0.1) is 6.10 Å². The van der Waals surface area contributed by atoms with Crippen molar-refractivity contribution in [2.24, 2.45) is 46.3 Å². The number of aliphatic hydroxyl groups excluding tert-OH is 1. The minimum Gasteiger partial charge on any atom is -0.393 e. The predicted octanol–water partition coefficient (Wildman–Crippen LogP) is 6.46. The summed E-state index contributed by atoms with van der Waals surface area (Å²) in [6.07, 6.45) is 16.8. The molecule has 0 radical (unpaired) electrons. The van der Waals surface area contributed by atoms with Crippen LogP contribution < -0.4 is 5.32 Å². The van der Waals surface area contributed by atoms with Crippen LogP contribution in [0.4, 0.5) is 0 Å². The first-order chi connectivity index (χ1) is 17.8. The molecule has 0 aromatic rings. The molecule has 10 atom stereocenters. The van der Waals surface area contributed by atoms with Crippen LogP contribution in [0, 0.1) is 46.3 Å².